The van der Waals surface area contributed by atoms with Crippen molar-refractivity contribution >= 4 is 13.2 Å². The van der Waals surface area contributed by atoms with E-state index in [1.807, 2.05) is 45.8 Å². The molecule has 0 spiro atoms. The molecule has 0 saturated carbocycles. The molecule has 1 saturated heterocycles. The first-order chi connectivity index (χ1) is 9.34. The van der Waals surface area contributed by atoms with Gasteiger partial charge in [0.1, 0.15) is 0 Å². The number of hydrogen-bond donors (Lipinski definition) is 2. The number of aromatic nitrogens is 1. The zero-order valence-corrected chi connectivity index (χ0v) is 12.5. The zero-order chi connectivity index (χ0) is 14.8. The van der Waals surface area contributed by atoms with E-state index in [0.717, 1.165) is 11.1 Å². The molecular formula is C14H22BN3O2. The Kier molecular flexibility index (Phi) is 4.29. The van der Waals surface area contributed by atoms with E-state index in [4.69, 9.17) is 15.2 Å². The Bertz CT molecular complexity index is 487. The van der Waals surface area contributed by atoms with Crippen LogP contribution >= 0.6 is 0 Å². The summed E-state index contributed by atoms with van der Waals surface area (Å²) in [4.78, 5) is 4.18. The molecule has 20 heavy (non-hydrogen) atoms. The molecule has 0 bridgehead atoms. The largest absolute Gasteiger partial charge is 0.487 e. The summed E-state index contributed by atoms with van der Waals surface area (Å²) in [7, 11) is -0.337. The Morgan fingerprint density at radius 2 is 1.90 bits per heavy atom. The van der Waals surface area contributed by atoms with E-state index in [0.29, 0.717) is 6.54 Å². The lowest BCUT2D eigenvalue weighted by Gasteiger charge is -2.32. The Morgan fingerprint density at radius 1 is 1.25 bits per heavy atom. The van der Waals surface area contributed by atoms with Crippen LogP contribution in [0.4, 0.5) is 0 Å². The maximum atomic E-state index is 5.90. The summed E-state index contributed by atoms with van der Waals surface area (Å²) in [6.45, 7) is 8.74. The monoisotopic (exact) mass is 275 g/mol. The van der Waals surface area contributed by atoms with Gasteiger partial charge in [0.2, 0.25) is 0 Å². The fourth-order valence-electron chi connectivity index (χ4n) is 1.97. The molecule has 1 aromatic heterocycles. The molecule has 0 aromatic carbocycles. The van der Waals surface area contributed by atoms with Crippen molar-refractivity contribution in [3.8, 4) is 0 Å². The molecule has 1 aromatic rings. The van der Waals surface area contributed by atoms with Crippen LogP contribution in [-0.4, -0.2) is 23.3 Å². The first-order valence-corrected chi connectivity index (χ1v) is 6.75. The lowest BCUT2D eigenvalue weighted by Crippen LogP contribution is -2.41. The van der Waals surface area contributed by atoms with Crippen LogP contribution in [0.25, 0.3) is 6.08 Å². The Morgan fingerprint density at radius 3 is 2.50 bits per heavy atom. The van der Waals surface area contributed by atoms with E-state index in [2.05, 4.69) is 10.4 Å². The minimum Gasteiger partial charge on any atom is -0.400 e. The highest BCUT2D eigenvalue weighted by molar-refractivity contribution is 6.52. The number of hydrogen-bond acceptors (Lipinski definition) is 5. The SMILES string of the molecule is CC1(C)OB(/C=C/c2cncc(CNN)c2)OC1(C)C. The highest BCUT2D eigenvalue weighted by Gasteiger charge is 2.49. The predicted molar refractivity (Wildman–Crippen MR) is 80.4 cm³/mol. The summed E-state index contributed by atoms with van der Waals surface area (Å²) in [5.74, 6) is 7.22. The number of pyridine rings is 1. The van der Waals surface area contributed by atoms with Gasteiger partial charge in [-0.25, -0.2) is 0 Å². The third-order valence-corrected chi connectivity index (χ3v) is 3.84. The molecule has 0 amide bonds. The third-order valence-electron chi connectivity index (χ3n) is 3.84. The van der Waals surface area contributed by atoms with Crippen molar-refractivity contribution in [1.29, 1.82) is 0 Å². The van der Waals surface area contributed by atoms with Gasteiger partial charge < -0.3 is 9.31 Å². The van der Waals surface area contributed by atoms with Crippen molar-refractivity contribution in [2.75, 3.05) is 0 Å². The van der Waals surface area contributed by atoms with Crippen molar-refractivity contribution < 1.29 is 9.31 Å². The zero-order valence-electron chi connectivity index (χ0n) is 12.5. The minimum atomic E-state index is -0.337. The highest BCUT2D eigenvalue weighted by Crippen LogP contribution is 2.36. The van der Waals surface area contributed by atoms with Crippen LogP contribution in [0.15, 0.2) is 24.4 Å². The second-order valence-corrected chi connectivity index (χ2v) is 5.99. The summed E-state index contributed by atoms with van der Waals surface area (Å²) in [5, 5.41) is 0. The molecule has 5 nitrogen and oxygen atoms in total. The van der Waals surface area contributed by atoms with Gasteiger partial charge in [-0.1, -0.05) is 12.1 Å². The highest BCUT2D eigenvalue weighted by atomic mass is 16.7. The van der Waals surface area contributed by atoms with E-state index in [-0.39, 0.29) is 18.3 Å². The fourth-order valence-corrected chi connectivity index (χ4v) is 1.97. The van der Waals surface area contributed by atoms with Crippen molar-refractivity contribution in [2.45, 2.75) is 45.4 Å². The summed E-state index contributed by atoms with van der Waals surface area (Å²) >= 11 is 0. The van der Waals surface area contributed by atoms with Crippen LogP contribution in [0.1, 0.15) is 38.8 Å². The van der Waals surface area contributed by atoms with Crippen LogP contribution in [0.2, 0.25) is 0 Å². The number of nitrogens with zero attached hydrogens (tertiary/aromatic N) is 1. The molecule has 2 heterocycles. The maximum absolute atomic E-state index is 5.90. The van der Waals surface area contributed by atoms with Crippen LogP contribution < -0.4 is 11.3 Å². The van der Waals surface area contributed by atoms with Crippen molar-refractivity contribution in [2.24, 2.45) is 5.84 Å². The number of hydrazine groups is 1. The average Bonchev–Trinajstić information content (AvgIpc) is 2.56. The Balaban J connectivity index is 2.06. The van der Waals surface area contributed by atoms with Gasteiger partial charge in [-0.3, -0.25) is 16.3 Å². The standard InChI is InChI=1S/C14H22BN3O2/c1-13(2)14(3,4)20-15(19-13)6-5-11-7-12(10-18-16)9-17-8-11/h5-9,18H,10,16H2,1-4H3/b6-5+. The second-order valence-electron chi connectivity index (χ2n) is 5.99. The predicted octanol–water partition coefficient (Wildman–Crippen LogP) is 1.69. The summed E-state index contributed by atoms with van der Waals surface area (Å²) < 4.78 is 11.8. The van der Waals surface area contributed by atoms with E-state index in [9.17, 15) is 0 Å². The van der Waals surface area contributed by atoms with Crippen LogP contribution in [0, 0.1) is 0 Å². The summed E-state index contributed by atoms with van der Waals surface area (Å²) in [6, 6.07) is 2.02. The van der Waals surface area contributed by atoms with E-state index in [1.165, 1.54) is 0 Å². The van der Waals surface area contributed by atoms with Crippen molar-refractivity contribution in [1.82, 2.24) is 10.4 Å². The first-order valence-electron chi connectivity index (χ1n) is 6.75. The maximum Gasteiger partial charge on any atom is 0.487 e. The molecule has 0 aliphatic carbocycles. The molecular weight excluding hydrogens is 253 g/mol. The molecule has 0 unspecified atom stereocenters. The molecule has 3 N–H and O–H groups in total. The smallest absolute Gasteiger partial charge is 0.400 e. The topological polar surface area (TPSA) is 69.4 Å². The number of nitrogens with two attached hydrogens (primary N) is 1. The molecule has 108 valence electrons. The van der Waals surface area contributed by atoms with Crippen molar-refractivity contribution in [3.63, 3.8) is 0 Å². The van der Waals surface area contributed by atoms with Crippen LogP contribution in [0.3, 0.4) is 0 Å². The van der Waals surface area contributed by atoms with Gasteiger partial charge in [0.05, 0.1) is 11.2 Å². The number of nitrogens with one attached hydrogen (secondary N) is 1. The molecule has 1 aliphatic heterocycles. The Hall–Kier alpha value is -1.21. The van der Waals surface area contributed by atoms with Crippen LogP contribution in [0.5, 0.6) is 0 Å². The van der Waals surface area contributed by atoms with Gasteiger partial charge in [-0.15, -0.1) is 0 Å². The second kappa shape index (κ2) is 5.65. The molecule has 0 radical (unpaired) electrons. The first kappa shape index (κ1) is 15.2. The lowest BCUT2D eigenvalue weighted by atomic mass is 9.89. The molecule has 0 atom stereocenters. The number of rotatable bonds is 4. The van der Waals surface area contributed by atoms with Crippen molar-refractivity contribution in [3.05, 3.63) is 35.6 Å². The fraction of sp³-hybridized carbons (Fsp3) is 0.500. The van der Waals surface area contributed by atoms with Gasteiger partial charge >= 0.3 is 7.12 Å². The summed E-state index contributed by atoms with van der Waals surface area (Å²) in [6.07, 6.45) is 5.53. The average molecular weight is 275 g/mol. The van der Waals surface area contributed by atoms with Gasteiger partial charge in [-0.05, 0) is 44.9 Å². The van der Waals surface area contributed by atoms with E-state index >= 15 is 0 Å². The Labute approximate surface area is 120 Å². The van der Waals surface area contributed by atoms with Gasteiger partial charge in [-0.2, -0.15) is 0 Å². The van der Waals surface area contributed by atoms with E-state index in [1.54, 1.807) is 12.4 Å². The molecule has 6 heteroatoms. The van der Waals surface area contributed by atoms with E-state index < -0.39 is 0 Å². The molecule has 2 rings (SSSR count). The minimum absolute atomic E-state index is 0.314. The molecule has 1 fully saturated rings. The third kappa shape index (κ3) is 3.27. The quantitative estimate of drug-likeness (QED) is 0.497. The molecule has 1 aliphatic rings. The summed E-state index contributed by atoms with van der Waals surface area (Å²) in [5.41, 5.74) is 4.01. The van der Waals surface area contributed by atoms with Gasteiger partial charge in [0, 0.05) is 18.9 Å². The normalized spacial score (nSPS) is 20.8. The van der Waals surface area contributed by atoms with Gasteiger partial charge in [0.15, 0.2) is 0 Å². The lowest BCUT2D eigenvalue weighted by molar-refractivity contribution is 0.00578. The van der Waals surface area contributed by atoms with Gasteiger partial charge in [0.25, 0.3) is 0 Å². The van der Waals surface area contributed by atoms with Crippen LogP contribution in [-0.2, 0) is 15.9 Å².